The predicted octanol–water partition coefficient (Wildman–Crippen LogP) is 1.66. The Morgan fingerprint density at radius 3 is 2.83 bits per heavy atom. The van der Waals surface area contributed by atoms with E-state index in [0.717, 1.165) is 19.4 Å². The van der Waals surface area contributed by atoms with Crippen LogP contribution in [0.1, 0.15) is 18.4 Å². The number of piperidine rings is 1. The molecule has 0 amide bonds. The van der Waals surface area contributed by atoms with E-state index in [4.69, 9.17) is 16.7 Å². The smallest absolute Gasteiger partial charge is 0.222 e. The Morgan fingerprint density at radius 2 is 2.13 bits per heavy atom. The third-order valence-electron chi connectivity index (χ3n) is 3.90. The predicted molar refractivity (Wildman–Crippen MR) is 86.0 cm³/mol. The molecule has 3 rings (SSSR count). The minimum absolute atomic E-state index is 0.00185. The third kappa shape index (κ3) is 3.22. The topological polar surface area (TPSA) is 105 Å². The monoisotopic (exact) mass is 312 g/mol. The fourth-order valence-corrected chi connectivity index (χ4v) is 2.75. The first-order chi connectivity index (χ1) is 11.1. The molecular weight excluding hydrogens is 295 g/mol. The second-order valence-corrected chi connectivity index (χ2v) is 5.62. The second-order valence-electron chi connectivity index (χ2n) is 5.62. The molecule has 0 saturated carbocycles. The molecule has 1 aromatic heterocycles. The number of hydrogen-bond donors (Lipinski definition) is 2. The number of nitrogen functional groups attached to an aromatic ring is 1. The molecule has 1 saturated heterocycles. The summed E-state index contributed by atoms with van der Waals surface area (Å²) in [4.78, 5) is 10.5. The van der Waals surface area contributed by atoms with E-state index >= 15 is 0 Å². The molecule has 1 aliphatic rings. The van der Waals surface area contributed by atoms with Gasteiger partial charge < -0.3 is 16.4 Å². The summed E-state index contributed by atoms with van der Waals surface area (Å²) in [5, 5.41) is 8.81. The number of nitrogens with zero attached hydrogens (tertiary/aromatic N) is 4. The quantitative estimate of drug-likeness (QED) is 0.874. The van der Waals surface area contributed by atoms with Gasteiger partial charge in [-0.05, 0) is 25.0 Å². The van der Waals surface area contributed by atoms with E-state index in [-0.39, 0.29) is 17.6 Å². The minimum atomic E-state index is -0.580. The molecule has 118 valence electrons. The van der Waals surface area contributed by atoms with Crippen LogP contribution in [-0.4, -0.2) is 29.1 Å². The highest BCUT2D eigenvalue weighted by molar-refractivity contribution is 5.65. The van der Waals surface area contributed by atoms with Gasteiger partial charge in [0.15, 0.2) is 0 Å². The van der Waals surface area contributed by atoms with Crippen LogP contribution in [0.2, 0.25) is 0 Å². The summed E-state index contributed by atoms with van der Waals surface area (Å²) < 4.78 is 13.8. The molecule has 1 unspecified atom stereocenters. The third-order valence-corrected chi connectivity index (χ3v) is 3.90. The minimum Gasteiger partial charge on any atom is -0.368 e. The van der Waals surface area contributed by atoms with Crippen LogP contribution in [0, 0.1) is 17.1 Å². The molecule has 1 aliphatic heterocycles. The maximum absolute atomic E-state index is 13.8. The average Bonchev–Trinajstić information content (AvgIpc) is 2.54. The number of benzene rings is 1. The lowest BCUT2D eigenvalue weighted by molar-refractivity contribution is 0.503. The Hall–Kier alpha value is -2.72. The van der Waals surface area contributed by atoms with Crippen molar-refractivity contribution in [2.24, 2.45) is 5.73 Å². The zero-order valence-corrected chi connectivity index (χ0v) is 12.5. The van der Waals surface area contributed by atoms with Gasteiger partial charge in [0.2, 0.25) is 5.95 Å². The van der Waals surface area contributed by atoms with Crippen molar-refractivity contribution in [2.75, 3.05) is 23.7 Å². The molecule has 2 aromatic rings. The lowest BCUT2D eigenvalue weighted by atomic mass is 10.1. The molecule has 23 heavy (non-hydrogen) atoms. The zero-order chi connectivity index (χ0) is 16.4. The van der Waals surface area contributed by atoms with E-state index in [1.807, 2.05) is 0 Å². The van der Waals surface area contributed by atoms with Crippen LogP contribution in [0.4, 0.5) is 16.2 Å². The van der Waals surface area contributed by atoms with Gasteiger partial charge in [-0.15, -0.1) is 0 Å². The van der Waals surface area contributed by atoms with E-state index in [1.54, 1.807) is 18.2 Å². The number of nitrogens with two attached hydrogens (primary N) is 2. The Balaban J connectivity index is 1.97. The summed E-state index contributed by atoms with van der Waals surface area (Å²) in [7, 11) is 0. The van der Waals surface area contributed by atoms with Gasteiger partial charge in [0.25, 0.3) is 0 Å². The van der Waals surface area contributed by atoms with Gasteiger partial charge >= 0.3 is 0 Å². The first-order valence-corrected chi connectivity index (χ1v) is 7.42. The summed E-state index contributed by atoms with van der Waals surface area (Å²) in [6.07, 6.45) is 1.98. The lowest BCUT2D eigenvalue weighted by Crippen LogP contribution is -2.43. The van der Waals surface area contributed by atoms with Crippen LogP contribution in [0.3, 0.4) is 0 Å². The lowest BCUT2D eigenvalue weighted by Gasteiger charge is -2.31. The first kappa shape index (κ1) is 15.2. The Morgan fingerprint density at radius 1 is 1.30 bits per heavy atom. The standard InChI is InChI=1S/C16H17FN6/c17-13-6-10(3-4-11(13)8-18)14-7-15(22-16(20)21-14)23-5-1-2-12(19)9-23/h3-4,6-7,12H,1-2,5,9,19H2,(H2,20,21,22). The number of aromatic nitrogens is 2. The van der Waals surface area contributed by atoms with E-state index in [0.29, 0.717) is 23.6 Å². The molecule has 1 atom stereocenters. The van der Waals surface area contributed by atoms with Crippen LogP contribution in [0.5, 0.6) is 0 Å². The normalized spacial score (nSPS) is 17.8. The van der Waals surface area contributed by atoms with Crippen molar-refractivity contribution in [1.29, 1.82) is 5.26 Å². The van der Waals surface area contributed by atoms with Crippen molar-refractivity contribution in [1.82, 2.24) is 9.97 Å². The fraction of sp³-hybridized carbons (Fsp3) is 0.312. The van der Waals surface area contributed by atoms with Crippen molar-refractivity contribution in [2.45, 2.75) is 18.9 Å². The number of anilines is 2. The van der Waals surface area contributed by atoms with Crippen LogP contribution in [-0.2, 0) is 0 Å². The van der Waals surface area contributed by atoms with Crippen molar-refractivity contribution in [3.63, 3.8) is 0 Å². The first-order valence-electron chi connectivity index (χ1n) is 7.42. The van der Waals surface area contributed by atoms with E-state index in [1.165, 1.54) is 12.1 Å². The SMILES string of the molecule is N#Cc1ccc(-c2cc(N3CCCC(N)C3)nc(N)n2)cc1F. The number of hydrogen-bond acceptors (Lipinski definition) is 6. The van der Waals surface area contributed by atoms with Gasteiger partial charge in [-0.3, -0.25) is 0 Å². The maximum atomic E-state index is 13.8. The van der Waals surface area contributed by atoms with Crippen LogP contribution < -0.4 is 16.4 Å². The molecule has 0 bridgehead atoms. The molecule has 6 nitrogen and oxygen atoms in total. The largest absolute Gasteiger partial charge is 0.368 e. The molecule has 0 aliphatic carbocycles. The summed E-state index contributed by atoms with van der Waals surface area (Å²) in [5.41, 5.74) is 12.9. The van der Waals surface area contributed by atoms with E-state index in [2.05, 4.69) is 14.9 Å². The van der Waals surface area contributed by atoms with Gasteiger partial charge in [0, 0.05) is 30.8 Å². The summed E-state index contributed by atoms with van der Waals surface area (Å²) in [5.74, 6) is 0.234. The van der Waals surface area contributed by atoms with Crippen LogP contribution >= 0.6 is 0 Å². The van der Waals surface area contributed by atoms with Crippen molar-refractivity contribution >= 4 is 11.8 Å². The van der Waals surface area contributed by atoms with Gasteiger partial charge in [-0.2, -0.15) is 10.2 Å². The van der Waals surface area contributed by atoms with Crippen molar-refractivity contribution in [3.05, 3.63) is 35.6 Å². The molecule has 4 N–H and O–H groups in total. The molecule has 7 heteroatoms. The molecule has 2 heterocycles. The average molecular weight is 312 g/mol. The van der Waals surface area contributed by atoms with Gasteiger partial charge in [-0.1, -0.05) is 6.07 Å². The Bertz CT molecular complexity index is 770. The fourth-order valence-electron chi connectivity index (χ4n) is 2.75. The molecule has 1 aromatic carbocycles. The molecular formula is C16H17FN6. The van der Waals surface area contributed by atoms with Crippen LogP contribution in [0.25, 0.3) is 11.3 Å². The van der Waals surface area contributed by atoms with Gasteiger partial charge in [0.05, 0.1) is 11.3 Å². The molecule has 0 spiro atoms. The van der Waals surface area contributed by atoms with Crippen LogP contribution in [0.15, 0.2) is 24.3 Å². The van der Waals surface area contributed by atoms with E-state index < -0.39 is 5.82 Å². The zero-order valence-electron chi connectivity index (χ0n) is 12.5. The summed E-state index contributed by atoms with van der Waals surface area (Å²) >= 11 is 0. The highest BCUT2D eigenvalue weighted by Crippen LogP contribution is 2.25. The molecule has 0 radical (unpaired) electrons. The summed E-state index contributed by atoms with van der Waals surface area (Å²) in [6.45, 7) is 1.56. The number of nitriles is 1. The maximum Gasteiger partial charge on any atom is 0.222 e. The van der Waals surface area contributed by atoms with Crippen molar-refractivity contribution in [3.8, 4) is 17.3 Å². The molecule has 1 fully saturated rings. The Kier molecular flexibility index (Phi) is 4.08. The van der Waals surface area contributed by atoms with Gasteiger partial charge in [0.1, 0.15) is 17.7 Å². The summed E-state index contributed by atoms with van der Waals surface area (Å²) in [6, 6.07) is 8.04. The number of rotatable bonds is 2. The highest BCUT2D eigenvalue weighted by Gasteiger charge is 2.19. The Labute approximate surface area is 133 Å². The number of halogens is 1. The second kappa shape index (κ2) is 6.18. The van der Waals surface area contributed by atoms with E-state index in [9.17, 15) is 4.39 Å². The highest BCUT2D eigenvalue weighted by atomic mass is 19.1. The van der Waals surface area contributed by atoms with Gasteiger partial charge in [-0.25, -0.2) is 9.37 Å². The van der Waals surface area contributed by atoms with Crippen molar-refractivity contribution < 1.29 is 4.39 Å².